The van der Waals surface area contributed by atoms with Gasteiger partial charge in [-0.2, -0.15) is 0 Å². The van der Waals surface area contributed by atoms with E-state index in [1.807, 2.05) is 69.3 Å². The summed E-state index contributed by atoms with van der Waals surface area (Å²) in [5, 5.41) is 2.95. The summed E-state index contributed by atoms with van der Waals surface area (Å²) in [4.78, 5) is 27.1. The number of carbonyl (C=O) groups is 2. The quantitative estimate of drug-likeness (QED) is 0.761. The molecule has 2 amide bonds. The first kappa shape index (κ1) is 21.5. The van der Waals surface area contributed by atoms with Gasteiger partial charge in [-0.15, -0.1) is 0 Å². The van der Waals surface area contributed by atoms with Crippen molar-refractivity contribution in [3.05, 3.63) is 66.2 Å². The average Bonchev–Trinajstić information content (AvgIpc) is 2.66. The predicted molar refractivity (Wildman–Crippen MR) is 111 cm³/mol. The molecular formula is C23H30N2O3. The van der Waals surface area contributed by atoms with Crippen LogP contribution in [0.5, 0.6) is 5.75 Å². The van der Waals surface area contributed by atoms with Gasteiger partial charge in [-0.3, -0.25) is 9.59 Å². The first-order valence-corrected chi connectivity index (χ1v) is 9.59. The zero-order valence-corrected chi connectivity index (χ0v) is 17.1. The first-order chi connectivity index (χ1) is 13.3. The van der Waals surface area contributed by atoms with Crippen LogP contribution in [0.25, 0.3) is 0 Å². The predicted octanol–water partition coefficient (Wildman–Crippen LogP) is 3.44. The van der Waals surface area contributed by atoms with Gasteiger partial charge in [0.2, 0.25) is 5.91 Å². The molecule has 0 aromatic heterocycles. The molecule has 2 rings (SSSR count). The highest BCUT2D eigenvalue weighted by Crippen LogP contribution is 2.11. The van der Waals surface area contributed by atoms with E-state index in [4.69, 9.17) is 4.74 Å². The molecule has 1 atom stereocenters. The first-order valence-electron chi connectivity index (χ1n) is 9.59. The monoisotopic (exact) mass is 382 g/mol. The molecule has 0 aliphatic rings. The van der Waals surface area contributed by atoms with Crippen LogP contribution in [-0.4, -0.2) is 41.4 Å². The van der Waals surface area contributed by atoms with Crippen molar-refractivity contribution in [3.8, 4) is 5.75 Å². The zero-order chi connectivity index (χ0) is 20.6. The van der Waals surface area contributed by atoms with Crippen molar-refractivity contribution >= 4 is 11.8 Å². The molecule has 28 heavy (non-hydrogen) atoms. The van der Waals surface area contributed by atoms with Crippen LogP contribution in [0.3, 0.4) is 0 Å². The van der Waals surface area contributed by atoms with Gasteiger partial charge in [0.05, 0.1) is 0 Å². The van der Waals surface area contributed by atoms with Crippen LogP contribution in [0.1, 0.15) is 33.3 Å². The molecule has 1 N–H and O–H groups in total. The van der Waals surface area contributed by atoms with Gasteiger partial charge >= 0.3 is 0 Å². The second-order valence-corrected chi connectivity index (χ2v) is 7.84. The highest BCUT2D eigenvalue weighted by atomic mass is 16.5. The number of ether oxygens (including phenoxy) is 1. The van der Waals surface area contributed by atoms with Crippen molar-refractivity contribution < 1.29 is 14.3 Å². The van der Waals surface area contributed by atoms with Crippen LogP contribution in [0, 0.1) is 0 Å². The minimum atomic E-state index is -0.588. The normalized spacial score (nSPS) is 12.1. The van der Waals surface area contributed by atoms with Crippen molar-refractivity contribution in [1.82, 2.24) is 10.2 Å². The van der Waals surface area contributed by atoms with Crippen LogP contribution in [0.4, 0.5) is 0 Å². The smallest absolute Gasteiger partial charge is 0.261 e. The fourth-order valence-electron chi connectivity index (χ4n) is 2.79. The van der Waals surface area contributed by atoms with E-state index in [1.54, 1.807) is 24.0 Å². The van der Waals surface area contributed by atoms with Crippen LogP contribution < -0.4 is 10.1 Å². The van der Waals surface area contributed by atoms with Gasteiger partial charge < -0.3 is 15.0 Å². The van der Waals surface area contributed by atoms with E-state index in [0.717, 1.165) is 5.56 Å². The SMILES string of the molecule is C[C@@H](C(=O)NC(C)(C)C)N(CCc1ccccc1)C(=O)COc1ccccc1. The molecule has 0 bridgehead atoms. The molecular weight excluding hydrogens is 352 g/mol. The Morgan fingerprint density at radius 1 is 1.00 bits per heavy atom. The third kappa shape index (κ3) is 7.06. The van der Waals surface area contributed by atoms with Crippen molar-refractivity contribution in [1.29, 1.82) is 0 Å². The fourth-order valence-corrected chi connectivity index (χ4v) is 2.79. The van der Waals surface area contributed by atoms with Crippen molar-refractivity contribution in [3.63, 3.8) is 0 Å². The number of nitrogens with one attached hydrogen (secondary N) is 1. The molecule has 0 heterocycles. The van der Waals surface area contributed by atoms with Crippen LogP contribution >= 0.6 is 0 Å². The van der Waals surface area contributed by atoms with Crippen LogP contribution in [0.15, 0.2) is 60.7 Å². The lowest BCUT2D eigenvalue weighted by atomic mass is 10.1. The van der Waals surface area contributed by atoms with Gasteiger partial charge in [-0.1, -0.05) is 48.5 Å². The topological polar surface area (TPSA) is 58.6 Å². The minimum absolute atomic E-state index is 0.105. The zero-order valence-electron chi connectivity index (χ0n) is 17.1. The number of carbonyl (C=O) groups excluding carboxylic acids is 2. The summed E-state index contributed by atoms with van der Waals surface area (Å²) in [7, 11) is 0. The van der Waals surface area contributed by atoms with E-state index < -0.39 is 6.04 Å². The minimum Gasteiger partial charge on any atom is -0.484 e. The highest BCUT2D eigenvalue weighted by molar-refractivity contribution is 5.88. The number of hydrogen-bond acceptors (Lipinski definition) is 3. The van der Waals surface area contributed by atoms with E-state index in [0.29, 0.717) is 18.7 Å². The van der Waals surface area contributed by atoms with E-state index in [9.17, 15) is 9.59 Å². The maximum Gasteiger partial charge on any atom is 0.261 e. The maximum atomic E-state index is 12.9. The number of amides is 2. The summed E-state index contributed by atoms with van der Waals surface area (Å²) in [6, 6.07) is 18.5. The average molecular weight is 383 g/mol. The Kier molecular flexibility index (Phi) is 7.61. The molecule has 0 aliphatic heterocycles. The number of rotatable bonds is 8. The Morgan fingerprint density at radius 3 is 2.14 bits per heavy atom. The lowest BCUT2D eigenvalue weighted by Crippen LogP contribution is -2.53. The van der Waals surface area contributed by atoms with Gasteiger partial charge in [0, 0.05) is 12.1 Å². The molecule has 2 aromatic carbocycles. The number of benzene rings is 2. The molecule has 0 spiro atoms. The molecule has 2 aromatic rings. The molecule has 0 aliphatic carbocycles. The third-order valence-corrected chi connectivity index (χ3v) is 4.26. The van der Waals surface area contributed by atoms with E-state index in [-0.39, 0.29) is 24.0 Å². The Hall–Kier alpha value is -2.82. The number of nitrogens with zero attached hydrogens (tertiary/aromatic N) is 1. The highest BCUT2D eigenvalue weighted by Gasteiger charge is 2.28. The second-order valence-electron chi connectivity index (χ2n) is 7.84. The summed E-state index contributed by atoms with van der Waals surface area (Å²) in [5.41, 5.74) is 0.757. The second kappa shape index (κ2) is 9.93. The lowest BCUT2D eigenvalue weighted by molar-refractivity contribution is -0.142. The summed E-state index contributed by atoms with van der Waals surface area (Å²) in [5.74, 6) is 0.246. The van der Waals surface area contributed by atoms with Gasteiger partial charge in [0.1, 0.15) is 11.8 Å². The number of para-hydroxylation sites is 1. The van der Waals surface area contributed by atoms with Crippen LogP contribution in [0.2, 0.25) is 0 Å². The van der Waals surface area contributed by atoms with Crippen molar-refractivity contribution in [2.75, 3.05) is 13.2 Å². The summed E-state index contributed by atoms with van der Waals surface area (Å²) in [6.07, 6.45) is 0.672. The third-order valence-electron chi connectivity index (χ3n) is 4.26. The Bertz CT molecular complexity index is 754. The standard InChI is InChI=1S/C23H30N2O3/c1-18(22(27)24-23(2,3)4)25(16-15-19-11-7-5-8-12-19)21(26)17-28-20-13-9-6-10-14-20/h5-14,18H,15-17H2,1-4H3,(H,24,27)/t18-/m0/s1. The molecule has 0 saturated carbocycles. The lowest BCUT2D eigenvalue weighted by Gasteiger charge is -2.31. The van der Waals surface area contributed by atoms with Gasteiger partial charge in [0.15, 0.2) is 6.61 Å². The van der Waals surface area contributed by atoms with Crippen LogP contribution in [-0.2, 0) is 16.0 Å². The summed E-state index contributed by atoms with van der Waals surface area (Å²) >= 11 is 0. The molecule has 5 nitrogen and oxygen atoms in total. The Balaban J connectivity index is 2.07. The molecule has 0 radical (unpaired) electrons. The Morgan fingerprint density at radius 2 is 1.57 bits per heavy atom. The molecule has 0 saturated heterocycles. The van der Waals surface area contributed by atoms with Gasteiger partial charge in [-0.25, -0.2) is 0 Å². The summed E-state index contributed by atoms with van der Waals surface area (Å²) < 4.78 is 5.61. The van der Waals surface area contributed by atoms with Gasteiger partial charge in [0.25, 0.3) is 5.91 Å². The fraction of sp³-hybridized carbons (Fsp3) is 0.391. The van der Waals surface area contributed by atoms with E-state index in [2.05, 4.69) is 5.32 Å². The molecule has 150 valence electrons. The number of hydrogen-bond donors (Lipinski definition) is 1. The maximum absolute atomic E-state index is 12.9. The van der Waals surface area contributed by atoms with Crippen molar-refractivity contribution in [2.24, 2.45) is 0 Å². The van der Waals surface area contributed by atoms with Gasteiger partial charge in [-0.05, 0) is 51.8 Å². The Labute approximate surface area is 167 Å². The van der Waals surface area contributed by atoms with E-state index >= 15 is 0 Å². The molecule has 0 unspecified atom stereocenters. The van der Waals surface area contributed by atoms with E-state index in [1.165, 1.54) is 0 Å². The summed E-state index contributed by atoms with van der Waals surface area (Å²) in [6.45, 7) is 7.86. The molecule has 0 fully saturated rings. The largest absolute Gasteiger partial charge is 0.484 e. The molecule has 5 heteroatoms. The van der Waals surface area contributed by atoms with Crippen molar-refractivity contribution in [2.45, 2.75) is 45.7 Å².